The molecule has 4 nitrogen and oxygen atoms in total. The zero-order chi connectivity index (χ0) is 10.1. The van der Waals surface area contributed by atoms with Crippen LogP contribution in [0, 0.1) is 6.92 Å². The van der Waals surface area contributed by atoms with Gasteiger partial charge in [0.25, 0.3) is 10.0 Å². The van der Waals surface area contributed by atoms with E-state index in [4.69, 9.17) is 17.4 Å². The van der Waals surface area contributed by atoms with Crippen LogP contribution in [0.15, 0.2) is 23.1 Å². The van der Waals surface area contributed by atoms with E-state index in [9.17, 15) is 8.42 Å². The summed E-state index contributed by atoms with van der Waals surface area (Å²) in [6.07, 6.45) is 0. The summed E-state index contributed by atoms with van der Waals surface area (Å²) in [5, 5.41) is 0.524. The number of halogens is 1. The van der Waals surface area contributed by atoms with Crippen LogP contribution >= 0.6 is 11.6 Å². The summed E-state index contributed by atoms with van der Waals surface area (Å²) < 4.78 is 22.4. The molecule has 13 heavy (non-hydrogen) atoms. The second-order valence-electron chi connectivity index (χ2n) is 2.53. The first kappa shape index (κ1) is 10.5. The molecule has 0 fully saturated rings. The molecule has 0 atom stereocenters. The average molecular weight is 221 g/mol. The minimum Gasteiger partial charge on any atom is -0.257 e. The molecule has 0 saturated carbocycles. The van der Waals surface area contributed by atoms with E-state index in [1.54, 1.807) is 11.8 Å². The molecule has 1 rings (SSSR count). The van der Waals surface area contributed by atoms with Gasteiger partial charge >= 0.3 is 0 Å². The fourth-order valence-electron chi connectivity index (χ4n) is 0.852. The molecule has 0 spiro atoms. The largest absolute Gasteiger partial charge is 0.257 e. The predicted octanol–water partition coefficient (Wildman–Crippen LogP) is 0.800. The summed E-state index contributed by atoms with van der Waals surface area (Å²) >= 11 is 5.73. The lowest BCUT2D eigenvalue weighted by Crippen LogP contribution is -2.30. The third kappa shape index (κ3) is 2.19. The number of sulfonamides is 1. The van der Waals surface area contributed by atoms with Crippen LogP contribution < -0.4 is 10.7 Å². The van der Waals surface area contributed by atoms with Crippen molar-refractivity contribution >= 4 is 21.6 Å². The maximum Gasteiger partial charge on any atom is 0.253 e. The highest BCUT2D eigenvalue weighted by atomic mass is 35.5. The molecule has 0 radical (unpaired) electrons. The Morgan fingerprint density at radius 3 is 2.54 bits per heavy atom. The van der Waals surface area contributed by atoms with Gasteiger partial charge in [0.15, 0.2) is 0 Å². The van der Waals surface area contributed by atoms with E-state index < -0.39 is 10.0 Å². The van der Waals surface area contributed by atoms with Crippen molar-refractivity contribution in [2.24, 2.45) is 5.84 Å². The summed E-state index contributed by atoms with van der Waals surface area (Å²) in [6, 6.07) is 4.36. The minimum atomic E-state index is -3.57. The SMILES string of the molecule is Cc1cc(S(=O)(=O)NN)ccc1Cl. The Bertz CT molecular complexity index is 417. The second kappa shape index (κ2) is 3.63. The van der Waals surface area contributed by atoms with Crippen LogP contribution in [-0.2, 0) is 10.0 Å². The van der Waals surface area contributed by atoms with Crippen LogP contribution in [0.25, 0.3) is 0 Å². The third-order valence-corrected chi connectivity index (χ3v) is 3.20. The van der Waals surface area contributed by atoms with Crippen LogP contribution in [0.2, 0.25) is 5.02 Å². The van der Waals surface area contributed by atoms with Crippen molar-refractivity contribution in [3.63, 3.8) is 0 Å². The first-order valence-electron chi connectivity index (χ1n) is 3.46. The fraction of sp³-hybridized carbons (Fsp3) is 0.143. The Kier molecular flexibility index (Phi) is 2.92. The van der Waals surface area contributed by atoms with Gasteiger partial charge in [-0.1, -0.05) is 11.6 Å². The molecule has 0 unspecified atom stereocenters. The van der Waals surface area contributed by atoms with Crippen LogP contribution in [-0.4, -0.2) is 8.42 Å². The number of hydrazine groups is 1. The molecule has 0 aromatic heterocycles. The number of hydrogen-bond donors (Lipinski definition) is 2. The van der Waals surface area contributed by atoms with Gasteiger partial charge in [0.2, 0.25) is 0 Å². The molecule has 72 valence electrons. The van der Waals surface area contributed by atoms with Gasteiger partial charge in [0.05, 0.1) is 4.90 Å². The Hall–Kier alpha value is -0.620. The molecule has 6 heteroatoms. The van der Waals surface area contributed by atoms with Crippen molar-refractivity contribution in [1.29, 1.82) is 0 Å². The Labute approximate surface area is 81.7 Å². The Balaban J connectivity index is 3.27. The molecule has 1 aromatic carbocycles. The highest BCUT2D eigenvalue weighted by Gasteiger charge is 2.11. The smallest absolute Gasteiger partial charge is 0.253 e. The van der Waals surface area contributed by atoms with Crippen LogP contribution in [0.4, 0.5) is 0 Å². The minimum absolute atomic E-state index is 0.108. The van der Waals surface area contributed by atoms with Crippen molar-refractivity contribution in [1.82, 2.24) is 4.83 Å². The molecular weight excluding hydrogens is 212 g/mol. The third-order valence-electron chi connectivity index (χ3n) is 1.59. The number of hydrogen-bond acceptors (Lipinski definition) is 3. The standard InChI is InChI=1S/C7H9ClN2O2S/c1-5-4-6(2-3-7(5)8)13(11,12)10-9/h2-4,10H,9H2,1H3. The van der Waals surface area contributed by atoms with Crippen molar-refractivity contribution in [2.45, 2.75) is 11.8 Å². The van der Waals surface area contributed by atoms with Crippen molar-refractivity contribution in [2.75, 3.05) is 0 Å². The molecule has 0 aliphatic carbocycles. The highest BCUT2D eigenvalue weighted by Crippen LogP contribution is 2.18. The first-order valence-corrected chi connectivity index (χ1v) is 5.32. The van der Waals surface area contributed by atoms with Gasteiger partial charge in [-0.2, -0.15) is 4.83 Å². The summed E-state index contributed by atoms with van der Waals surface area (Å²) in [4.78, 5) is 1.84. The monoisotopic (exact) mass is 220 g/mol. The lowest BCUT2D eigenvalue weighted by atomic mass is 10.2. The van der Waals surface area contributed by atoms with E-state index in [1.165, 1.54) is 18.2 Å². The highest BCUT2D eigenvalue weighted by molar-refractivity contribution is 7.89. The number of rotatable bonds is 2. The summed E-state index contributed by atoms with van der Waals surface area (Å²) in [7, 11) is -3.57. The number of nitrogens with one attached hydrogen (secondary N) is 1. The van der Waals surface area contributed by atoms with Gasteiger partial charge in [-0.3, -0.25) is 5.84 Å². The lowest BCUT2D eigenvalue weighted by molar-refractivity contribution is 0.584. The zero-order valence-electron chi connectivity index (χ0n) is 6.91. The topological polar surface area (TPSA) is 72.2 Å². The maximum atomic E-state index is 11.2. The van der Waals surface area contributed by atoms with E-state index >= 15 is 0 Å². The quantitative estimate of drug-likeness (QED) is 0.572. The van der Waals surface area contributed by atoms with Crippen LogP contribution in [0.3, 0.4) is 0 Å². The summed E-state index contributed by atoms with van der Waals surface area (Å²) in [6.45, 7) is 1.72. The predicted molar refractivity (Wildman–Crippen MR) is 50.7 cm³/mol. The molecule has 0 aliphatic heterocycles. The second-order valence-corrected chi connectivity index (χ2v) is 4.65. The molecule has 0 saturated heterocycles. The van der Waals surface area contributed by atoms with Crippen molar-refractivity contribution in [3.8, 4) is 0 Å². The Morgan fingerprint density at radius 2 is 2.08 bits per heavy atom. The first-order chi connectivity index (χ1) is 5.97. The van der Waals surface area contributed by atoms with E-state index in [0.717, 1.165) is 0 Å². The van der Waals surface area contributed by atoms with Crippen LogP contribution in [0.1, 0.15) is 5.56 Å². The number of nitrogens with two attached hydrogens (primary N) is 1. The van der Waals surface area contributed by atoms with Gasteiger partial charge in [-0.05, 0) is 30.7 Å². The molecule has 0 amide bonds. The van der Waals surface area contributed by atoms with E-state index in [2.05, 4.69) is 0 Å². The zero-order valence-corrected chi connectivity index (χ0v) is 8.48. The van der Waals surface area contributed by atoms with Crippen molar-refractivity contribution in [3.05, 3.63) is 28.8 Å². The lowest BCUT2D eigenvalue weighted by Gasteiger charge is -2.03. The fourth-order valence-corrected chi connectivity index (χ4v) is 1.69. The molecular formula is C7H9ClN2O2S. The molecule has 0 bridgehead atoms. The van der Waals surface area contributed by atoms with Crippen LogP contribution in [0.5, 0.6) is 0 Å². The van der Waals surface area contributed by atoms with E-state index in [0.29, 0.717) is 10.6 Å². The molecule has 3 N–H and O–H groups in total. The number of benzene rings is 1. The summed E-state index contributed by atoms with van der Waals surface area (Å²) in [5.74, 6) is 4.86. The van der Waals surface area contributed by atoms with Gasteiger partial charge in [0, 0.05) is 5.02 Å². The van der Waals surface area contributed by atoms with E-state index in [-0.39, 0.29) is 4.90 Å². The summed E-state index contributed by atoms with van der Waals surface area (Å²) in [5.41, 5.74) is 0.693. The van der Waals surface area contributed by atoms with Gasteiger partial charge in [-0.25, -0.2) is 8.42 Å². The molecule has 0 aliphatic rings. The number of aryl methyl sites for hydroxylation is 1. The van der Waals surface area contributed by atoms with Gasteiger partial charge < -0.3 is 0 Å². The molecule has 1 aromatic rings. The molecule has 0 heterocycles. The van der Waals surface area contributed by atoms with Crippen molar-refractivity contribution < 1.29 is 8.42 Å². The average Bonchev–Trinajstić information content (AvgIpc) is 2.09. The van der Waals surface area contributed by atoms with E-state index in [1.807, 2.05) is 0 Å². The Morgan fingerprint density at radius 1 is 1.46 bits per heavy atom. The van der Waals surface area contributed by atoms with Gasteiger partial charge in [0.1, 0.15) is 0 Å². The maximum absolute atomic E-state index is 11.2. The normalized spacial score (nSPS) is 11.6. The van der Waals surface area contributed by atoms with Gasteiger partial charge in [-0.15, -0.1) is 0 Å².